The first-order valence-electron chi connectivity index (χ1n) is 5.18. The van der Waals surface area contributed by atoms with Crippen LogP contribution in [-0.4, -0.2) is 29.1 Å². The normalized spacial score (nSPS) is 10.4. The van der Waals surface area contributed by atoms with Crippen molar-refractivity contribution in [3.63, 3.8) is 0 Å². The van der Waals surface area contributed by atoms with E-state index in [9.17, 15) is 4.79 Å². The van der Waals surface area contributed by atoms with Gasteiger partial charge in [0.1, 0.15) is 0 Å². The summed E-state index contributed by atoms with van der Waals surface area (Å²) in [5.74, 6) is -0.513. The molecule has 16 heavy (non-hydrogen) atoms. The Morgan fingerprint density at radius 3 is 2.69 bits per heavy atom. The van der Waals surface area contributed by atoms with Crippen molar-refractivity contribution in [2.75, 3.05) is 19.1 Å². The Balaban J connectivity index is 2.78. The molecule has 0 aliphatic rings. The molecule has 0 radical (unpaired) electrons. The summed E-state index contributed by atoms with van der Waals surface area (Å²) in [5.41, 5.74) is 7.15. The number of rotatable bonds is 5. The highest BCUT2D eigenvalue weighted by Gasteiger charge is 2.20. The third kappa shape index (κ3) is 2.52. The van der Waals surface area contributed by atoms with Gasteiger partial charge in [-0.05, 0) is 13.3 Å². The van der Waals surface area contributed by atoms with Gasteiger partial charge in [0.2, 0.25) is 0 Å². The SMILES string of the molecule is CCOCOC(=O)c1c(N)c(CC)nn1C. The van der Waals surface area contributed by atoms with E-state index in [2.05, 4.69) is 5.10 Å². The third-order valence-electron chi connectivity index (χ3n) is 2.17. The molecule has 0 aliphatic carbocycles. The van der Waals surface area contributed by atoms with E-state index >= 15 is 0 Å². The lowest BCUT2D eigenvalue weighted by atomic mass is 10.2. The van der Waals surface area contributed by atoms with Gasteiger partial charge in [0.05, 0.1) is 11.4 Å². The smallest absolute Gasteiger partial charge is 0.360 e. The van der Waals surface area contributed by atoms with Gasteiger partial charge in [-0.3, -0.25) is 4.68 Å². The molecule has 6 nitrogen and oxygen atoms in total. The summed E-state index contributed by atoms with van der Waals surface area (Å²) in [7, 11) is 1.66. The molecule has 0 saturated carbocycles. The minimum Gasteiger partial charge on any atom is -0.434 e. The number of carbonyl (C=O) groups excluding carboxylic acids is 1. The number of esters is 1. The van der Waals surface area contributed by atoms with Crippen LogP contribution in [0.4, 0.5) is 5.69 Å². The average molecular weight is 227 g/mol. The molecule has 90 valence electrons. The lowest BCUT2D eigenvalue weighted by molar-refractivity contribution is -0.0281. The average Bonchev–Trinajstić information content (AvgIpc) is 2.54. The van der Waals surface area contributed by atoms with Crippen molar-refractivity contribution in [1.29, 1.82) is 0 Å². The van der Waals surface area contributed by atoms with E-state index in [-0.39, 0.29) is 12.5 Å². The number of hydrogen-bond donors (Lipinski definition) is 1. The molecule has 6 heteroatoms. The number of nitrogen functional groups attached to an aromatic ring is 1. The zero-order valence-corrected chi connectivity index (χ0v) is 9.82. The Kier molecular flexibility index (Phi) is 4.30. The van der Waals surface area contributed by atoms with Gasteiger partial charge in [0, 0.05) is 13.7 Å². The van der Waals surface area contributed by atoms with Crippen LogP contribution in [0, 0.1) is 0 Å². The van der Waals surface area contributed by atoms with Crippen molar-refractivity contribution in [3.8, 4) is 0 Å². The Labute approximate surface area is 94.3 Å². The first-order chi connectivity index (χ1) is 7.61. The molecule has 1 aromatic heterocycles. The Hall–Kier alpha value is -1.56. The van der Waals surface area contributed by atoms with Gasteiger partial charge >= 0.3 is 5.97 Å². The second-order valence-electron chi connectivity index (χ2n) is 3.23. The van der Waals surface area contributed by atoms with Crippen LogP contribution in [-0.2, 0) is 22.9 Å². The summed E-state index contributed by atoms with van der Waals surface area (Å²) in [6.07, 6.45) is 0.679. The van der Waals surface area contributed by atoms with Crippen molar-refractivity contribution >= 4 is 11.7 Å². The monoisotopic (exact) mass is 227 g/mol. The molecule has 0 fully saturated rings. The zero-order valence-electron chi connectivity index (χ0n) is 9.82. The van der Waals surface area contributed by atoms with Crippen molar-refractivity contribution < 1.29 is 14.3 Å². The van der Waals surface area contributed by atoms with Crippen molar-refractivity contribution in [3.05, 3.63) is 11.4 Å². The van der Waals surface area contributed by atoms with Crippen LogP contribution < -0.4 is 5.73 Å². The van der Waals surface area contributed by atoms with Crippen LogP contribution in [0.2, 0.25) is 0 Å². The van der Waals surface area contributed by atoms with E-state index in [1.165, 1.54) is 4.68 Å². The summed E-state index contributed by atoms with van der Waals surface area (Å²) in [4.78, 5) is 11.6. The number of nitrogens with zero attached hydrogens (tertiary/aromatic N) is 2. The highest BCUT2D eigenvalue weighted by atomic mass is 16.7. The minimum absolute atomic E-state index is 0.0680. The summed E-state index contributed by atoms with van der Waals surface area (Å²) >= 11 is 0. The van der Waals surface area contributed by atoms with Crippen LogP contribution >= 0.6 is 0 Å². The Bertz CT molecular complexity index is 374. The third-order valence-corrected chi connectivity index (χ3v) is 2.17. The van der Waals surface area contributed by atoms with E-state index in [1.807, 2.05) is 13.8 Å². The Morgan fingerprint density at radius 1 is 1.50 bits per heavy atom. The minimum atomic E-state index is -0.513. The molecular weight excluding hydrogens is 210 g/mol. The number of carbonyl (C=O) groups is 1. The molecule has 0 aromatic carbocycles. The van der Waals surface area contributed by atoms with Gasteiger partial charge in [-0.25, -0.2) is 4.79 Å². The van der Waals surface area contributed by atoms with E-state index in [0.29, 0.717) is 24.4 Å². The van der Waals surface area contributed by atoms with Crippen LogP contribution in [0.5, 0.6) is 0 Å². The van der Waals surface area contributed by atoms with Crippen molar-refractivity contribution in [2.45, 2.75) is 20.3 Å². The largest absolute Gasteiger partial charge is 0.434 e. The molecule has 2 N–H and O–H groups in total. The maximum absolute atomic E-state index is 11.6. The first kappa shape index (κ1) is 12.5. The summed E-state index contributed by atoms with van der Waals surface area (Å²) in [6, 6.07) is 0. The predicted molar refractivity (Wildman–Crippen MR) is 58.9 cm³/mol. The molecule has 1 heterocycles. The van der Waals surface area contributed by atoms with Gasteiger partial charge in [-0.2, -0.15) is 5.10 Å². The number of ether oxygens (including phenoxy) is 2. The van der Waals surface area contributed by atoms with Gasteiger partial charge in [-0.1, -0.05) is 6.92 Å². The van der Waals surface area contributed by atoms with Crippen LogP contribution in [0.25, 0.3) is 0 Å². The molecule has 0 bridgehead atoms. The predicted octanol–water partition coefficient (Wildman–Crippen LogP) is 0.715. The fourth-order valence-electron chi connectivity index (χ4n) is 1.35. The van der Waals surface area contributed by atoms with Gasteiger partial charge in [0.25, 0.3) is 0 Å². The number of anilines is 1. The van der Waals surface area contributed by atoms with E-state index in [1.54, 1.807) is 7.05 Å². The van der Waals surface area contributed by atoms with Crippen molar-refractivity contribution in [1.82, 2.24) is 9.78 Å². The van der Waals surface area contributed by atoms with Gasteiger partial charge in [0.15, 0.2) is 12.5 Å². The fourth-order valence-corrected chi connectivity index (χ4v) is 1.35. The first-order valence-corrected chi connectivity index (χ1v) is 5.18. The summed E-state index contributed by atoms with van der Waals surface area (Å²) in [5, 5.41) is 4.13. The molecular formula is C10H17N3O3. The highest BCUT2D eigenvalue weighted by molar-refractivity contribution is 5.93. The van der Waals surface area contributed by atoms with E-state index < -0.39 is 5.97 Å². The molecule has 0 amide bonds. The number of hydrogen-bond acceptors (Lipinski definition) is 5. The number of nitrogens with two attached hydrogens (primary N) is 1. The molecule has 1 aromatic rings. The standard InChI is InChI=1S/C10H17N3O3/c1-4-7-8(11)9(13(3)12-7)10(14)16-6-15-5-2/h4-6,11H2,1-3H3. The second kappa shape index (κ2) is 5.50. The summed E-state index contributed by atoms with van der Waals surface area (Å²) < 4.78 is 11.2. The van der Waals surface area contributed by atoms with Gasteiger partial charge in [-0.15, -0.1) is 0 Å². The topological polar surface area (TPSA) is 79.4 Å². The maximum atomic E-state index is 11.6. The lowest BCUT2D eigenvalue weighted by Gasteiger charge is -2.05. The molecule has 1 rings (SSSR count). The fraction of sp³-hybridized carbons (Fsp3) is 0.600. The second-order valence-corrected chi connectivity index (χ2v) is 3.23. The molecule has 0 aliphatic heterocycles. The molecule has 0 spiro atoms. The number of aryl methyl sites for hydroxylation is 2. The summed E-state index contributed by atoms with van der Waals surface area (Å²) in [6.45, 7) is 4.17. The van der Waals surface area contributed by atoms with Crippen LogP contribution in [0.15, 0.2) is 0 Å². The van der Waals surface area contributed by atoms with Crippen LogP contribution in [0.3, 0.4) is 0 Å². The highest BCUT2D eigenvalue weighted by Crippen LogP contribution is 2.17. The maximum Gasteiger partial charge on any atom is 0.360 e. The zero-order chi connectivity index (χ0) is 12.1. The van der Waals surface area contributed by atoms with E-state index in [0.717, 1.165) is 0 Å². The van der Waals surface area contributed by atoms with Gasteiger partial charge < -0.3 is 15.2 Å². The quantitative estimate of drug-likeness (QED) is 0.455. The van der Waals surface area contributed by atoms with Crippen molar-refractivity contribution in [2.24, 2.45) is 7.05 Å². The molecule has 0 unspecified atom stereocenters. The number of aromatic nitrogens is 2. The van der Waals surface area contributed by atoms with Crippen LogP contribution in [0.1, 0.15) is 30.0 Å². The lowest BCUT2D eigenvalue weighted by Crippen LogP contribution is -2.14. The Morgan fingerprint density at radius 2 is 2.19 bits per heavy atom. The molecule has 0 atom stereocenters. The van der Waals surface area contributed by atoms with E-state index in [4.69, 9.17) is 15.2 Å². The molecule has 0 saturated heterocycles.